The molecule has 0 bridgehead atoms. The second-order valence-corrected chi connectivity index (χ2v) is 4.94. The second kappa shape index (κ2) is 4.94. The van der Waals surface area contributed by atoms with Gasteiger partial charge in [0.2, 0.25) is 5.91 Å². The summed E-state index contributed by atoms with van der Waals surface area (Å²) >= 11 is 0. The third-order valence-corrected chi connectivity index (χ3v) is 3.24. The van der Waals surface area contributed by atoms with Crippen LogP contribution in [0.5, 0.6) is 0 Å². The third-order valence-electron chi connectivity index (χ3n) is 3.24. The number of aliphatic hydroxyl groups is 1. The number of amides is 1. The van der Waals surface area contributed by atoms with Crippen molar-refractivity contribution < 1.29 is 14.6 Å². The van der Waals surface area contributed by atoms with Crippen molar-refractivity contribution in [1.82, 2.24) is 5.32 Å². The van der Waals surface area contributed by atoms with E-state index >= 15 is 0 Å². The summed E-state index contributed by atoms with van der Waals surface area (Å²) in [6.07, 6.45) is 0.804. The summed E-state index contributed by atoms with van der Waals surface area (Å²) in [5.74, 6) is 0.0310. The van der Waals surface area contributed by atoms with E-state index in [1.807, 2.05) is 20.8 Å². The number of carbonyl (C=O) groups excluding carboxylic acids is 1. The fraction of sp³-hybridized carbons (Fsp3) is 0.909. The third kappa shape index (κ3) is 3.18. The van der Waals surface area contributed by atoms with Crippen LogP contribution < -0.4 is 5.32 Å². The van der Waals surface area contributed by atoms with E-state index in [9.17, 15) is 4.79 Å². The molecule has 1 amide bonds. The first-order valence-corrected chi connectivity index (χ1v) is 5.46. The molecule has 4 nitrogen and oxygen atoms in total. The van der Waals surface area contributed by atoms with Crippen LogP contribution in [0.3, 0.4) is 0 Å². The molecule has 0 unspecified atom stereocenters. The summed E-state index contributed by atoms with van der Waals surface area (Å²) < 4.78 is 5.16. The molecule has 0 spiro atoms. The highest BCUT2D eigenvalue weighted by atomic mass is 16.5. The van der Waals surface area contributed by atoms with Gasteiger partial charge in [-0.25, -0.2) is 0 Å². The molecule has 0 radical (unpaired) electrons. The molecule has 4 heteroatoms. The van der Waals surface area contributed by atoms with E-state index in [1.54, 1.807) is 0 Å². The highest BCUT2D eigenvalue weighted by molar-refractivity contribution is 5.79. The molecule has 1 aliphatic rings. The highest BCUT2D eigenvalue weighted by Gasteiger charge is 2.30. The molecule has 0 aromatic rings. The number of hydrogen-bond donors (Lipinski definition) is 2. The van der Waals surface area contributed by atoms with Gasteiger partial charge in [-0.15, -0.1) is 0 Å². The van der Waals surface area contributed by atoms with E-state index in [-0.39, 0.29) is 29.9 Å². The Morgan fingerprint density at radius 1 is 1.67 bits per heavy atom. The summed E-state index contributed by atoms with van der Waals surface area (Å²) in [5.41, 5.74) is -0.283. The number of nitrogens with one attached hydrogen (secondary N) is 1. The average Bonchev–Trinajstić information content (AvgIpc) is 2.70. The highest BCUT2D eigenvalue weighted by Crippen LogP contribution is 2.20. The van der Waals surface area contributed by atoms with E-state index in [2.05, 4.69) is 5.32 Å². The van der Waals surface area contributed by atoms with Crippen LogP contribution >= 0.6 is 0 Å². The topological polar surface area (TPSA) is 58.6 Å². The first kappa shape index (κ1) is 12.5. The predicted molar refractivity (Wildman–Crippen MR) is 57.4 cm³/mol. The Kier molecular flexibility index (Phi) is 4.11. The fourth-order valence-corrected chi connectivity index (χ4v) is 1.40. The molecule has 88 valence electrons. The molecular formula is C11H21NO3. The molecule has 0 aliphatic carbocycles. The number of rotatable bonds is 4. The summed E-state index contributed by atoms with van der Waals surface area (Å²) in [4.78, 5) is 11.7. The first-order valence-electron chi connectivity index (χ1n) is 5.46. The Bertz CT molecular complexity index is 222. The number of hydrogen-bond acceptors (Lipinski definition) is 3. The number of ether oxygens (including phenoxy) is 1. The first-order chi connectivity index (χ1) is 6.97. The van der Waals surface area contributed by atoms with Crippen LogP contribution in [0.1, 0.15) is 27.2 Å². The Hall–Kier alpha value is -0.610. The van der Waals surface area contributed by atoms with Gasteiger partial charge in [-0.1, -0.05) is 13.8 Å². The molecule has 1 aliphatic heterocycles. The van der Waals surface area contributed by atoms with E-state index in [4.69, 9.17) is 9.84 Å². The maximum absolute atomic E-state index is 11.7. The Morgan fingerprint density at radius 3 is 2.80 bits per heavy atom. The quantitative estimate of drug-likeness (QED) is 0.720. The van der Waals surface area contributed by atoms with Crippen LogP contribution in [-0.2, 0) is 9.53 Å². The monoisotopic (exact) mass is 215 g/mol. The molecule has 1 fully saturated rings. The molecule has 0 aromatic carbocycles. The Labute approximate surface area is 91.0 Å². The van der Waals surface area contributed by atoms with Gasteiger partial charge in [0.25, 0.3) is 0 Å². The fourth-order valence-electron chi connectivity index (χ4n) is 1.40. The van der Waals surface area contributed by atoms with Crippen LogP contribution in [0.15, 0.2) is 0 Å². The zero-order valence-electron chi connectivity index (χ0n) is 9.75. The molecule has 15 heavy (non-hydrogen) atoms. The van der Waals surface area contributed by atoms with Gasteiger partial charge in [0.1, 0.15) is 0 Å². The molecule has 1 rings (SSSR count). The van der Waals surface area contributed by atoms with Crippen molar-refractivity contribution in [2.75, 3.05) is 19.8 Å². The standard InChI is InChI=1S/C11H21NO3/c1-8(11(2,3)7-13)12-10(14)9-4-5-15-6-9/h8-9,13H,4-7H2,1-3H3,(H,12,14)/t8-,9-/m1/s1. The maximum atomic E-state index is 11.7. The SMILES string of the molecule is C[C@@H](NC(=O)[C@@H]1CCOC1)C(C)(C)CO. The number of carbonyl (C=O) groups is 1. The van der Waals surface area contributed by atoms with Gasteiger partial charge in [-0.2, -0.15) is 0 Å². The van der Waals surface area contributed by atoms with Crippen LogP contribution in [0.4, 0.5) is 0 Å². The normalized spacial score (nSPS) is 23.9. The number of aliphatic hydroxyl groups excluding tert-OH is 1. The van der Waals surface area contributed by atoms with E-state index < -0.39 is 0 Å². The van der Waals surface area contributed by atoms with Crippen molar-refractivity contribution in [3.05, 3.63) is 0 Å². The summed E-state index contributed by atoms with van der Waals surface area (Å²) in [6, 6.07) is -0.0319. The van der Waals surface area contributed by atoms with Gasteiger partial charge in [-0.3, -0.25) is 4.79 Å². The van der Waals surface area contributed by atoms with Crippen LogP contribution in [0.2, 0.25) is 0 Å². The lowest BCUT2D eigenvalue weighted by atomic mass is 9.86. The lowest BCUT2D eigenvalue weighted by Gasteiger charge is -2.31. The minimum atomic E-state index is -0.283. The summed E-state index contributed by atoms with van der Waals surface area (Å²) in [6.45, 7) is 7.06. The lowest BCUT2D eigenvalue weighted by Crippen LogP contribution is -2.46. The van der Waals surface area contributed by atoms with Crippen molar-refractivity contribution in [3.8, 4) is 0 Å². The largest absolute Gasteiger partial charge is 0.396 e. The van der Waals surface area contributed by atoms with Crippen LogP contribution in [-0.4, -0.2) is 36.9 Å². The van der Waals surface area contributed by atoms with Gasteiger partial charge in [0.05, 0.1) is 19.1 Å². The van der Waals surface area contributed by atoms with Gasteiger partial charge < -0.3 is 15.2 Å². The molecule has 1 heterocycles. The van der Waals surface area contributed by atoms with Crippen LogP contribution in [0.25, 0.3) is 0 Å². The minimum absolute atomic E-state index is 0.0121. The molecule has 1 saturated heterocycles. The van der Waals surface area contributed by atoms with Crippen molar-refractivity contribution in [2.45, 2.75) is 33.2 Å². The Balaban J connectivity index is 2.43. The van der Waals surface area contributed by atoms with E-state index in [0.29, 0.717) is 13.2 Å². The van der Waals surface area contributed by atoms with Crippen molar-refractivity contribution in [2.24, 2.45) is 11.3 Å². The van der Waals surface area contributed by atoms with Crippen molar-refractivity contribution >= 4 is 5.91 Å². The van der Waals surface area contributed by atoms with Gasteiger partial charge in [0.15, 0.2) is 0 Å². The zero-order valence-corrected chi connectivity index (χ0v) is 9.75. The molecule has 2 N–H and O–H groups in total. The predicted octanol–water partition coefficient (Wildman–Crippen LogP) is 0.546. The van der Waals surface area contributed by atoms with E-state index in [0.717, 1.165) is 6.42 Å². The summed E-state index contributed by atoms with van der Waals surface area (Å²) in [5, 5.41) is 12.1. The second-order valence-electron chi connectivity index (χ2n) is 4.94. The minimum Gasteiger partial charge on any atom is -0.396 e. The molecule has 0 saturated carbocycles. The van der Waals surface area contributed by atoms with Gasteiger partial charge >= 0.3 is 0 Å². The van der Waals surface area contributed by atoms with Gasteiger partial charge in [0, 0.05) is 18.1 Å². The van der Waals surface area contributed by atoms with Crippen LogP contribution in [0, 0.1) is 11.3 Å². The average molecular weight is 215 g/mol. The van der Waals surface area contributed by atoms with E-state index in [1.165, 1.54) is 0 Å². The maximum Gasteiger partial charge on any atom is 0.225 e. The van der Waals surface area contributed by atoms with Gasteiger partial charge in [-0.05, 0) is 13.3 Å². The molecule has 0 aromatic heterocycles. The van der Waals surface area contributed by atoms with Crippen molar-refractivity contribution in [3.63, 3.8) is 0 Å². The zero-order chi connectivity index (χ0) is 11.5. The smallest absolute Gasteiger partial charge is 0.225 e. The lowest BCUT2D eigenvalue weighted by molar-refractivity contribution is -0.126. The molecule has 2 atom stereocenters. The van der Waals surface area contributed by atoms with Crippen molar-refractivity contribution in [1.29, 1.82) is 0 Å². The molecular weight excluding hydrogens is 194 g/mol. The summed E-state index contributed by atoms with van der Waals surface area (Å²) in [7, 11) is 0. The Morgan fingerprint density at radius 2 is 2.33 bits per heavy atom.